The molecule has 2 atom stereocenters. The summed E-state index contributed by atoms with van der Waals surface area (Å²) in [6, 6.07) is 11.9. The molecule has 2 unspecified atom stereocenters. The Morgan fingerprint density at radius 3 is 2.72 bits per heavy atom. The number of methoxy groups -OCH3 is 1. The molecule has 1 aliphatic heterocycles. The van der Waals surface area contributed by atoms with Gasteiger partial charge in [-0.1, -0.05) is 29.8 Å². The third-order valence-electron chi connectivity index (χ3n) is 5.19. The van der Waals surface area contributed by atoms with Crippen LogP contribution in [-0.4, -0.2) is 43.5 Å². The summed E-state index contributed by atoms with van der Waals surface area (Å²) in [5, 5.41) is 3.41. The average Bonchev–Trinajstić information content (AvgIpc) is 2.70. The van der Waals surface area contributed by atoms with Crippen LogP contribution in [0.25, 0.3) is 0 Å². The van der Waals surface area contributed by atoms with E-state index in [2.05, 4.69) is 5.32 Å². The molecule has 7 heteroatoms. The lowest BCUT2D eigenvalue weighted by Crippen LogP contribution is -2.47. The Labute approximate surface area is 174 Å². The lowest BCUT2D eigenvalue weighted by Gasteiger charge is -2.37. The lowest BCUT2D eigenvalue weighted by atomic mass is 9.83. The molecule has 0 bridgehead atoms. The highest BCUT2D eigenvalue weighted by Gasteiger charge is 2.34. The van der Waals surface area contributed by atoms with Gasteiger partial charge in [0.05, 0.1) is 5.92 Å². The Hall–Kier alpha value is -2.44. The minimum atomic E-state index is -0.404. The summed E-state index contributed by atoms with van der Waals surface area (Å²) in [6.07, 6.45) is 0.564. The molecular weight excluding hydrogens is 395 g/mol. The van der Waals surface area contributed by atoms with Crippen molar-refractivity contribution >= 4 is 29.1 Å². The van der Waals surface area contributed by atoms with Gasteiger partial charge in [0.25, 0.3) is 0 Å². The number of aryl methyl sites for hydroxylation is 1. The molecule has 2 aromatic rings. The van der Waals surface area contributed by atoms with Crippen molar-refractivity contribution in [2.75, 3.05) is 32.1 Å². The molecule has 0 aliphatic carbocycles. The average molecular weight is 419 g/mol. The summed E-state index contributed by atoms with van der Waals surface area (Å²) in [4.78, 5) is 27.0. The number of halogens is 2. The van der Waals surface area contributed by atoms with Crippen molar-refractivity contribution in [3.8, 4) is 0 Å². The van der Waals surface area contributed by atoms with Crippen molar-refractivity contribution in [3.05, 3.63) is 64.4 Å². The van der Waals surface area contributed by atoms with Crippen LogP contribution < -0.4 is 5.32 Å². The molecular formula is C22H24ClFN2O3. The van der Waals surface area contributed by atoms with Crippen LogP contribution in [0.5, 0.6) is 0 Å². The quantitative estimate of drug-likeness (QED) is 0.798. The van der Waals surface area contributed by atoms with Crippen LogP contribution in [0.1, 0.15) is 23.5 Å². The number of rotatable bonds is 5. The number of piperidine rings is 1. The number of likely N-dealkylation sites (tertiary alicyclic amines) is 1. The number of benzene rings is 2. The Morgan fingerprint density at radius 1 is 1.24 bits per heavy atom. The number of nitrogens with zero attached hydrogens (tertiary/aromatic N) is 1. The highest BCUT2D eigenvalue weighted by molar-refractivity contribution is 6.30. The van der Waals surface area contributed by atoms with Gasteiger partial charge in [-0.05, 0) is 48.7 Å². The van der Waals surface area contributed by atoms with Gasteiger partial charge in [0.15, 0.2) is 0 Å². The second kappa shape index (κ2) is 9.37. The second-order valence-corrected chi connectivity index (χ2v) is 7.81. The summed E-state index contributed by atoms with van der Waals surface area (Å²) in [6.45, 7) is 2.44. The fraction of sp³-hybridized carbons (Fsp3) is 0.364. The molecule has 1 heterocycles. The zero-order valence-corrected chi connectivity index (χ0v) is 17.2. The van der Waals surface area contributed by atoms with Crippen LogP contribution in [-0.2, 0) is 14.3 Å². The van der Waals surface area contributed by atoms with E-state index in [0.29, 0.717) is 35.8 Å². The molecule has 2 aromatic carbocycles. The summed E-state index contributed by atoms with van der Waals surface area (Å²) < 4.78 is 18.7. The molecule has 1 aliphatic rings. The minimum absolute atomic E-state index is 0.0439. The first kappa shape index (κ1) is 21.3. The van der Waals surface area contributed by atoms with Crippen LogP contribution in [0.15, 0.2) is 42.5 Å². The van der Waals surface area contributed by atoms with Crippen molar-refractivity contribution in [2.45, 2.75) is 19.3 Å². The number of carbonyl (C=O) groups excluding carboxylic acids is 2. The van der Waals surface area contributed by atoms with E-state index >= 15 is 0 Å². The highest BCUT2D eigenvalue weighted by atomic mass is 35.5. The van der Waals surface area contributed by atoms with E-state index in [1.807, 2.05) is 0 Å². The topological polar surface area (TPSA) is 58.6 Å². The monoisotopic (exact) mass is 418 g/mol. The van der Waals surface area contributed by atoms with Crippen LogP contribution >= 0.6 is 11.6 Å². The maximum atomic E-state index is 13.7. The SMILES string of the molecule is COCC(=O)N1CC(C(=O)Nc2cccc(Cl)c2)CC(c2ccc(F)c(C)c2)C1. The molecule has 1 fully saturated rings. The third-order valence-corrected chi connectivity index (χ3v) is 5.42. The maximum absolute atomic E-state index is 13.7. The lowest BCUT2D eigenvalue weighted by molar-refractivity contribution is -0.138. The first-order valence-electron chi connectivity index (χ1n) is 9.46. The number of amides is 2. The fourth-order valence-electron chi connectivity index (χ4n) is 3.68. The molecule has 3 rings (SSSR count). The maximum Gasteiger partial charge on any atom is 0.248 e. The van der Waals surface area contributed by atoms with Crippen LogP contribution in [0, 0.1) is 18.7 Å². The normalized spacial score (nSPS) is 19.1. The van der Waals surface area contributed by atoms with Gasteiger partial charge in [-0.3, -0.25) is 9.59 Å². The van der Waals surface area contributed by atoms with Gasteiger partial charge in [-0.2, -0.15) is 0 Å². The molecule has 2 amide bonds. The third kappa shape index (κ3) is 5.34. The zero-order valence-electron chi connectivity index (χ0n) is 16.5. The Kier molecular flexibility index (Phi) is 6.87. The van der Waals surface area contributed by atoms with Crippen molar-refractivity contribution in [1.29, 1.82) is 0 Å². The van der Waals surface area contributed by atoms with E-state index in [0.717, 1.165) is 5.56 Å². The summed E-state index contributed by atoms with van der Waals surface area (Å²) in [5.41, 5.74) is 2.07. The molecule has 29 heavy (non-hydrogen) atoms. The Balaban J connectivity index is 1.82. The Morgan fingerprint density at radius 2 is 2.03 bits per heavy atom. The van der Waals surface area contributed by atoms with Crippen LogP contribution in [0.3, 0.4) is 0 Å². The number of hydrogen-bond donors (Lipinski definition) is 1. The number of ether oxygens (including phenoxy) is 1. The van der Waals surface area contributed by atoms with Crippen LogP contribution in [0.2, 0.25) is 5.02 Å². The van der Waals surface area contributed by atoms with E-state index in [4.69, 9.17) is 16.3 Å². The fourth-order valence-corrected chi connectivity index (χ4v) is 3.87. The first-order chi connectivity index (χ1) is 13.9. The second-order valence-electron chi connectivity index (χ2n) is 7.37. The predicted octanol–water partition coefficient (Wildman–Crippen LogP) is 4.00. The molecule has 1 saturated heterocycles. The van der Waals surface area contributed by atoms with E-state index in [-0.39, 0.29) is 30.2 Å². The molecule has 0 saturated carbocycles. The largest absolute Gasteiger partial charge is 0.375 e. The smallest absolute Gasteiger partial charge is 0.248 e. The standard InChI is InChI=1S/C22H24ClFN2O3/c1-14-8-15(6-7-20(14)24)16-9-17(12-26(11-16)21(27)13-29-2)22(28)25-19-5-3-4-18(23)10-19/h3-8,10,16-17H,9,11-13H2,1-2H3,(H,25,28). The van der Waals surface area contributed by atoms with E-state index < -0.39 is 5.92 Å². The van der Waals surface area contributed by atoms with Crippen LogP contribution in [0.4, 0.5) is 10.1 Å². The van der Waals surface area contributed by atoms with E-state index in [1.54, 1.807) is 48.2 Å². The molecule has 0 spiro atoms. The highest BCUT2D eigenvalue weighted by Crippen LogP contribution is 2.32. The van der Waals surface area contributed by atoms with Gasteiger partial charge in [0.1, 0.15) is 12.4 Å². The van der Waals surface area contributed by atoms with Crippen molar-refractivity contribution in [2.24, 2.45) is 5.92 Å². The van der Waals surface area contributed by atoms with Gasteiger partial charge in [0.2, 0.25) is 11.8 Å². The van der Waals surface area contributed by atoms with Crippen molar-refractivity contribution in [3.63, 3.8) is 0 Å². The van der Waals surface area contributed by atoms with Gasteiger partial charge in [-0.25, -0.2) is 4.39 Å². The van der Waals surface area contributed by atoms with Crippen molar-refractivity contribution < 1.29 is 18.7 Å². The molecule has 1 N–H and O–H groups in total. The number of carbonyl (C=O) groups is 2. The number of hydrogen-bond acceptors (Lipinski definition) is 3. The molecule has 154 valence electrons. The summed E-state index contributed by atoms with van der Waals surface area (Å²) in [5.74, 6) is -1.09. The van der Waals surface area contributed by atoms with Gasteiger partial charge < -0.3 is 15.0 Å². The van der Waals surface area contributed by atoms with Gasteiger partial charge >= 0.3 is 0 Å². The van der Waals surface area contributed by atoms with Gasteiger partial charge in [-0.15, -0.1) is 0 Å². The summed E-state index contributed by atoms with van der Waals surface area (Å²) in [7, 11) is 1.46. The predicted molar refractivity (Wildman–Crippen MR) is 111 cm³/mol. The Bertz CT molecular complexity index is 905. The van der Waals surface area contributed by atoms with E-state index in [1.165, 1.54) is 13.2 Å². The van der Waals surface area contributed by atoms with E-state index in [9.17, 15) is 14.0 Å². The number of nitrogens with one attached hydrogen (secondary N) is 1. The molecule has 0 aromatic heterocycles. The molecule has 5 nitrogen and oxygen atoms in total. The molecule has 0 radical (unpaired) electrons. The number of anilines is 1. The summed E-state index contributed by atoms with van der Waals surface area (Å²) >= 11 is 6.00. The first-order valence-corrected chi connectivity index (χ1v) is 9.84. The van der Waals surface area contributed by atoms with Gasteiger partial charge in [0, 0.05) is 36.8 Å². The van der Waals surface area contributed by atoms with Crippen molar-refractivity contribution in [1.82, 2.24) is 4.90 Å². The zero-order chi connectivity index (χ0) is 21.0. The minimum Gasteiger partial charge on any atom is -0.375 e.